The summed E-state index contributed by atoms with van der Waals surface area (Å²) in [4.78, 5) is 14.4. The largest absolute Gasteiger partial charge is 0.337 e. The molecule has 1 heterocycles. The summed E-state index contributed by atoms with van der Waals surface area (Å²) in [7, 11) is 1.88. The zero-order valence-electron chi connectivity index (χ0n) is 13.7. The van der Waals surface area contributed by atoms with E-state index in [0.717, 1.165) is 18.5 Å². The predicted octanol–water partition coefficient (Wildman–Crippen LogP) is 2.20. The minimum atomic E-state index is -0.412. The molecule has 0 aliphatic carbocycles. The van der Waals surface area contributed by atoms with Crippen LogP contribution in [0, 0.1) is 11.8 Å². The van der Waals surface area contributed by atoms with Crippen LogP contribution in [0.1, 0.15) is 39.7 Å². The molecule has 1 aromatic heterocycles. The van der Waals surface area contributed by atoms with Crippen LogP contribution >= 0.6 is 12.4 Å². The first-order chi connectivity index (χ1) is 9.29. The fourth-order valence-corrected chi connectivity index (χ4v) is 2.29. The molecule has 0 saturated heterocycles. The highest BCUT2D eigenvalue weighted by molar-refractivity contribution is 5.85. The van der Waals surface area contributed by atoms with E-state index < -0.39 is 6.04 Å². The highest BCUT2D eigenvalue weighted by Gasteiger charge is 2.23. The highest BCUT2D eigenvalue weighted by atomic mass is 35.5. The van der Waals surface area contributed by atoms with Crippen LogP contribution < -0.4 is 5.73 Å². The number of amides is 1. The Morgan fingerprint density at radius 1 is 1.33 bits per heavy atom. The summed E-state index contributed by atoms with van der Waals surface area (Å²) in [6, 6.07) is -0.412. The van der Waals surface area contributed by atoms with E-state index in [0.29, 0.717) is 18.4 Å². The molecule has 0 aliphatic heterocycles. The van der Waals surface area contributed by atoms with Gasteiger partial charge in [-0.2, -0.15) is 5.10 Å². The predicted molar refractivity (Wildman–Crippen MR) is 88.1 cm³/mol. The molecule has 21 heavy (non-hydrogen) atoms. The van der Waals surface area contributed by atoms with E-state index in [1.165, 1.54) is 0 Å². The lowest BCUT2D eigenvalue weighted by Gasteiger charge is -2.27. The van der Waals surface area contributed by atoms with Crippen LogP contribution in [0.5, 0.6) is 0 Å². The monoisotopic (exact) mass is 316 g/mol. The molecule has 1 aromatic rings. The molecule has 5 nitrogen and oxygen atoms in total. The molecule has 0 bridgehead atoms. The second-order valence-electron chi connectivity index (χ2n) is 6.37. The lowest BCUT2D eigenvalue weighted by atomic mass is 10.0. The van der Waals surface area contributed by atoms with Gasteiger partial charge >= 0.3 is 0 Å². The van der Waals surface area contributed by atoms with Gasteiger partial charge in [0.15, 0.2) is 0 Å². The molecule has 1 rings (SSSR count). The molecule has 0 radical (unpaired) electrons. The van der Waals surface area contributed by atoms with Gasteiger partial charge in [-0.3, -0.25) is 9.48 Å². The number of nitrogens with two attached hydrogens (primary N) is 1. The molecule has 6 heteroatoms. The van der Waals surface area contributed by atoms with E-state index in [1.807, 2.05) is 18.1 Å². The first-order valence-electron chi connectivity index (χ1n) is 7.31. The molecular formula is C15H29ClN4O. The van der Waals surface area contributed by atoms with Crippen LogP contribution in [0.25, 0.3) is 0 Å². The Balaban J connectivity index is 0.00000400. The van der Waals surface area contributed by atoms with Crippen molar-refractivity contribution in [3.8, 4) is 0 Å². The van der Waals surface area contributed by atoms with Crippen LogP contribution in [0.3, 0.4) is 0 Å². The molecule has 1 amide bonds. The van der Waals surface area contributed by atoms with Gasteiger partial charge in [-0.05, 0) is 18.3 Å². The van der Waals surface area contributed by atoms with E-state index >= 15 is 0 Å². The van der Waals surface area contributed by atoms with Gasteiger partial charge in [0, 0.05) is 31.9 Å². The van der Waals surface area contributed by atoms with E-state index in [1.54, 1.807) is 10.9 Å². The van der Waals surface area contributed by atoms with Gasteiger partial charge in [0.05, 0.1) is 12.2 Å². The quantitative estimate of drug-likeness (QED) is 0.838. The summed E-state index contributed by atoms with van der Waals surface area (Å²) < 4.78 is 1.75. The number of carbonyl (C=O) groups is 1. The van der Waals surface area contributed by atoms with Crippen molar-refractivity contribution in [3.05, 3.63) is 18.0 Å². The van der Waals surface area contributed by atoms with Crippen LogP contribution in [0.4, 0.5) is 0 Å². The fraction of sp³-hybridized carbons (Fsp3) is 0.733. The third kappa shape index (κ3) is 6.96. The van der Waals surface area contributed by atoms with Gasteiger partial charge in [-0.15, -0.1) is 12.4 Å². The molecule has 1 atom stereocenters. The summed E-state index contributed by atoms with van der Waals surface area (Å²) in [5, 5.41) is 4.15. The lowest BCUT2D eigenvalue weighted by Crippen LogP contribution is -2.45. The van der Waals surface area contributed by atoms with E-state index in [-0.39, 0.29) is 18.3 Å². The third-order valence-corrected chi connectivity index (χ3v) is 3.07. The lowest BCUT2D eigenvalue weighted by molar-refractivity contribution is -0.134. The average molecular weight is 317 g/mol. The van der Waals surface area contributed by atoms with Crippen molar-refractivity contribution in [2.75, 3.05) is 6.54 Å². The van der Waals surface area contributed by atoms with Crippen molar-refractivity contribution >= 4 is 18.3 Å². The number of halogens is 1. The first-order valence-corrected chi connectivity index (χ1v) is 7.31. The molecule has 0 aromatic carbocycles. The van der Waals surface area contributed by atoms with Crippen LogP contribution in [0.15, 0.2) is 12.4 Å². The molecule has 0 fully saturated rings. The Morgan fingerprint density at radius 2 is 1.95 bits per heavy atom. The summed E-state index contributed by atoms with van der Waals surface area (Å²) in [5.41, 5.74) is 7.08. The smallest absolute Gasteiger partial charge is 0.239 e. The summed E-state index contributed by atoms with van der Waals surface area (Å²) in [6.07, 6.45) is 4.46. The van der Waals surface area contributed by atoms with Gasteiger partial charge in [0.2, 0.25) is 5.91 Å². The standard InChI is InChI=1S/C15H28N4O.ClH/c1-11(2)6-14(16)15(20)19(8-12(3)4)10-13-7-17-18(5)9-13;/h7,9,11-12,14H,6,8,10,16H2,1-5H3;1H/t14-;/m1./s1. The van der Waals surface area contributed by atoms with Gasteiger partial charge in [0.1, 0.15) is 0 Å². The molecule has 0 saturated carbocycles. The number of hydrogen-bond acceptors (Lipinski definition) is 3. The Bertz CT molecular complexity index is 431. The van der Waals surface area contributed by atoms with Crippen molar-refractivity contribution in [3.63, 3.8) is 0 Å². The Kier molecular flexibility index (Phi) is 8.59. The zero-order valence-corrected chi connectivity index (χ0v) is 14.6. The molecule has 0 unspecified atom stereocenters. The van der Waals surface area contributed by atoms with Crippen molar-refractivity contribution in [2.24, 2.45) is 24.6 Å². The molecule has 122 valence electrons. The Labute approximate surface area is 134 Å². The van der Waals surface area contributed by atoms with Gasteiger partial charge < -0.3 is 10.6 Å². The number of hydrogen-bond donors (Lipinski definition) is 1. The van der Waals surface area contributed by atoms with E-state index in [9.17, 15) is 4.79 Å². The van der Waals surface area contributed by atoms with Crippen LogP contribution in [0.2, 0.25) is 0 Å². The minimum absolute atomic E-state index is 0. The zero-order chi connectivity index (χ0) is 15.3. The second kappa shape index (κ2) is 9.05. The molecular weight excluding hydrogens is 288 g/mol. The van der Waals surface area contributed by atoms with Gasteiger partial charge in [-0.1, -0.05) is 27.7 Å². The highest BCUT2D eigenvalue weighted by Crippen LogP contribution is 2.11. The maximum atomic E-state index is 12.5. The normalized spacial score (nSPS) is 12.4. The Morgan fingerprint density at radius 3 is 2.38 bits per heavy atom. The third-order valence-electron chi connectivity index (χ3n) is 3.07. The summed E-state index contributed by atoms with van der Waals surface area (Å²) >= 11 is 0. The SMILES string of the molecule is CC(C)C[C@@H](N)C(=O)N(Cc1cnn(C)c1)CC(C)C.Cl. The first kappa shape index (κ1) is 19.9. The van der Waals surface area contributed by atoms with Gasteiger partial charge in [0.25, 0.3) is 0 Å². The van der Waals surface area contributed by atoms with E-state index in [4.69, 9.17) is 5.73 Å². The fourth-order valence-electron chi connectivity index (χ4n) is 2.29. The molecule has 0 aliphatic rings. The van der Waals surface area contributed by atoms with Crippen molar-refractivity contribution in [1.82, 2.24) is 14.7 Å². The average Bonchev–Trinajstić information content (AvgIpc) is 2.71. The minimum Gasteiger partial charge on any atom is -0.337 e. The molecule has 2 N–H and O–H groups in total. The maximum Gasteiger partial charge on any atom is 0.239 e. The maximum absolute atomic E-state index is 12.5. The van der Waals surface area contributed by atoms with Crippen LogP contribution in [-0.4, -0.2) is 33.2 Å². The number of rotatable bonds is 7. The van der Waals surface area contributed by atoms with Crippen molar-refractivity contribution < 1.29 is 4.79 Å². The van der Waals surface area contributed by atoms with Crippen LogP contribution in [-0.2, 0) is 18.4 Å². The van der Waals surface area contributed by atoms with E-state index in [2.05, 4.69) is 32.8 Å². The summed E-state index contributed by atoms with van der Waals surface area (Å²) in [5.74, 6) is 0.881. The summed E-state index contributed by atoms with van der Waals surface area (Å²) in [6.45, 7) is 9.69. The number of aromatic nitrogens is 2. The van der Waals surface area contributed by atoms with Crippen molar-refractivity contribution in [1.29, 1.82) is 0 Å². The van der Waals surface area contributed by atoms with Gasteiger partial charge in [-0.25, -0.2) is 0 Å². The second-order valence-corrected chi connectivity index (χ2v) is 6.37. The molecule has 0 spiro atoms. The number of nitrogens with zero attached hydrogens (tertiary/aromatic N) is 3. The number of carbonyl (C=O) groups excluding carboxylic acids is 1. The van der Waals surface area contributed by atoms with Crippen molar-refractivity contribution in [2.45, 2.75) is 46.7 Å². The number of aryl methyl sites for hydroxylation is 1. The topological polar surface area (TPSA) is 64.2 Å². The Hall–Kier alpha value is -1.07.